The van der Waals surface area contributed by atoms with Crippen LogP contribution < -0.4 is 5.73 Å². The van der Waals surface area contributed by atoms with Crippen molar-refractivity contribution in [3.05, 3.63) is 0 Å². The molecule has 0 fully saturated rings. The van der Waals surface area contributed by atoms with Crippen LogP contribution in [-0.4, -0.2) is 28.7 Å². The minimum Gasteiger partial charge on any atom is -0.458 e. The fraction of sp³-hybridized carbons (Fsp3) is 0.750. The van der Waals surface area contributed by atoms with Gasteiger partial charge < -0.3 is 15.6 Å². The molecule has 1 unspecified atom stereocenters. The number of carbonyl (C=O) groups excluding carboxylic acids is 2. The van der Waals surface area contributed by atoms with Crippen molar-refractivity contribution >= 4 is 11.9 Å². The summed E-state index contributed by atoms with van der Waals surface area (Å²) in [7, 11) is 0. The molecule has 0 aliphatic carbocycles. The fourth-order valence-corrected chi connectivity index (χ4v) is 0.644. The summed E-state index contributed by atoms with van der Waals surface area (Å²) in [5.41, 5.74) is 4.12. The average molecular weight is 189 g/mol. The summed E-state index contributed by atoms with van der Waals surface area (Å²) in [6.07, 6.45) is -1.87. The highest BCUT2D eigenvalue weighted by molar-refractivity contribution is 5.83. The van der Waals surface area contributed by atoms with Crippen molar-refractivity contribution in [2.24, 2.45) is 5.73 Å². The molecule has 3 N–H and O–H groups in total. The molecule has 5 heteroatoms. The zero-order valence-electron chi connectivity index (χ0n) is 8.03. The van der Waals surface area contributed by atoms with Crippen molar-refractivity contribution in [1.82, 2.24) is 0 Å². The van der Waals surface area contributed by atoms with Gasteiger partial charge in [0.2, 0.25) is 5.91 Å². The monoisotopic (exact) mass is 189 g/mol. The van der Waals surface area contributed by atoms with Gasteiger partial charge in [-0.2, -0.15) is 0 Å². The van der Waals surface area contributed by atoms with E-state index in [4.69, 9.17) is 15.6 Å². The van der Waals surface area contributed by atoms with Crippen molar-refractivity contribution in [1.29, 1.82) is 0 Å². The molecule has 5 nitrogen and oxygen atoms in total. The average Bonchev–Trinajstić information content (AvgIpc) is 1.81. The summed E-state index contributed by atoms with van der Waals surface area (Å²) in [6.45, 7) is 5.01. The van der Waals surface area contributed by atoms with Crippen LogP contribution in [0.5, 0.6) is 0 Å². The number of aliphatic hydroxyl groups is 1. The number of rotatable bonds is 3. The second-order valence-corrected chi connectivity index (χ2v) is 3.72. The third-order valence-corrected chi connectivity index (χ3v) is 1.07. The van der Waals surface area contributed by atoms with Crippen LogP contribution in [0.15, 0.2) is 0 Å². The summed E-state index contributed by atoms with van der Waals surface area (Å²) < 4.78 is 4.80. The molecule has 0 aliphatic rings. The van der Waals surface area contributed by atoms with E-state index in [2.05, 4.69) is 0 Å². The van der Waals surface area contributed by atoms with E-state index in [1.165, 1.54) is 0 Å². The zero-order valence-corrected chi connectivity index (χ0v) is 8.03. The second kappa shape index (κ2) is 4.23. The van der Waals surface area contributed by atoms with Crippen LogP contribution >= 0.6 is 0 Å². The lowest BCUT2D eigenvalue weighted by Gasteiger charge is -2.21. The minimum atomic E-state index is -1.46. The molecule has 0 bridgehead atoms. The van der Waals surface area contributed by atoms with Crippen molar-refractivity contribution in [3.63, 3.8) is 0 Å². The van der Waals surface area contributed by atoms with Crippen LogP contribution in [0.4, 0.5) is 0 Å². The van der Waals surface area contributed by atoms with Gasteiger partial charge in [-0.15, -0.1) is 0 Å². The standard InChI is InChI=1S/C8H15NO4/c1-8(2,3)13-7(12)5(10)4-6(9)11/h5,10H,4H2,1-3H3,(H2,9,11). The second-order valence-electron chi connectivity index (χ2n) is 3.72. The molecule has 76 valence electrons. The van der Waals surface area contributed by atoms with Crippen LogP contribution in [0.25, 0.3) is 0 Å². The van der Waals surface area contributed by atoms with E-state index in [0.29, 0.717) is 0 Å². The van der Waals surface area contributed by atoms with Gasteiger partial charge in [0.1, 0.15) is 5.60 Å². The molecular formula is C8H15NO4. The molecule has 0 spiro atoms. The molecule has 0 radical (unpaired) electrons. The number of aliphatic hydroxyl groups excluding tert-OH is 1. The Bertz CT molecular complexity index is 207. The molecule has 0 heterocycles. The summed E-state index contributed by atoms with van der Waals surface area (Å²) in [6, 6.07) is 0. The smallest absolute Gasteiger partial charge is 0.336 e. The topological polar surface area (TPSA) is 89.6 Å². The van der Waals surface area contributed by atoms with Gasteiger partial charge in [0.05, 0.1) is 6.42 Å². The lowest BCUT2D eigenvalue weighted by atomic mass is 10.2. The van der Waals surface area contributed by atoms with Gasteiger partial charge in [-0.05, 0) is 20.8 Å². The summed E-state index contributed by atoms with van der Waals surface area (Å²) in [4.78, 5) is 21.3. The number of hydrogen-bond donors (Lipinski definition) is 2. The van der Waals surface area contributed by atoms with Gasteiger partial charge >= 0.3 is 5.97 Å². The van der Waals surface area contributed by atoms with Gasteiger partial charge in [0.15, 0.2) is 6.10 Å². The van der Waals surface area contributed by atoms with E-state index in [0.717, 1.165) is 0 Å². The van der Waals surface area contributed by atoms with Gasteiger partial charge in [-0.1, -0.05) is 0 Å². The van der Waals surface area contributed by atoms with Gasteiger partial charge in [0.25, 0.3) is 0 Å². The molecule has 0 aliphatic heterocycles. The predicted molar refractivity (Wildman–Crippen MR) is 45.7 cm³/mol. The highest BCUT2D eigenvalue weighted by Crippen LogP contribution is 2.09. The number of hydrogen-bond acceptors (Lipinski definition) is 4. The van der Waals surface area contributed by atoms with Crippen LogP contribution in [0.1, 0.15) is 27.2 Å². The third-order valence-electron chi connectivity index (χ3n) is 1.07. The molecule has 0 saturated carbocycles. The normalized spacial score (nSPS) is 13.5. The number of primary amides is 1. The molecule has 0 aromatic rings. The van der Waals surface area contributed by atoms with Gasteiger partial charge in [-0.25, -0.2) is 4.79 Å². The maximum atomic E-state index is 11.0. The van der Waals surface area contributed by atoms with Gasteiger partial charge in [-0.3, -0.25) is 4.79 Å². The highest BCUT2D eigenvalue weighted by atomic mass is 16.6. The molecule has 13 heavy (non-hydrogen) atoms. The number of nitrogens with two attached hydrogens (primary N) is 1. The van der Waals surface area contributed by atoms with Crippen molar-refractivity contribution in [2.45, 2.75) is 38.9 Å². The Morgan fingerprint density at radius 2 is 1.92 bits per heavy atom. The first-order valence-electron chi connectivity index (χ1n) is 3.91. The van der Waals surface area contributed by atoms with E-state index in [1.807, 2.05) is 0 Å². The van der Waals surface area contributed by atoms with Crippen molar-refractivity contribution in [3.8, 4) is 0 Å². The van der Waals surface area contributed by atoms with Crippen molar-refractivity contribution < 1.29 is 19.4 Å². The van der Waals surface area contributed by atoms with Crippen LogP contribution in [-0.2, 0) is 14.3 Å². The molecular weight excluding hydrogens is 174 g/mol. The molecule has 0 aromatic heterocycles. The fourth-order valence-electron chi connectivity index (χ4n) is 0.644. The number of esters is 1. The highest BCUT2D eigenvalue weighted by Gasteiger charge is 2.24. The first-order chi connectivity index (χ1) is 5.72. The van der Waals surface area contributed by atoms with Crippen LogP contribution in [0.3, 0.4) is 0 Å². The first-order valence-corrected chi connectivity index (χ1v) is 3.91. The molecule has 1 atom stereocenters. The Hall–Kier alpha value is -1.10. The first kappa shape index (κ1) is 11.9. The van der Waals surface area contributed by atoms with Gasteiger partial charge in [0, 0.05) is 0 Å². The van der Waals surface area contributed by atoms with Crippen molar-refractivity contribution in [2.75, 3.05) is 0 Å². The van der Waals surface area contributed by atoms with Crippen LogP contribution in [0.2, 0.25) is 0 Å². The quantitative estimate of drug-likeness (QED) is 0.589. The SMILES string of the molecule is CC(C)(C)OC(=O)C(O)CC(N)=O. The van der Waals surface area contributed by atoms with E-state index in [9.17, 15) is 9.59 Å². The number of ether oxygens (including phenoxy) is 1. The number of carbonyl (C=O) groups is 2. The molecule has 1 amide bonds. The van der Waals surface area contributed by atoms with E-state index in [-0.39, 0.29) is 0 Å². The predicted octanol–water partition coefficient (Wildman–Crippen LogP) is -0.436. The largest absolute Gasteiger partial charge is 0.458 e. The molecule has 0 rings (SSSR count). The number of amides is 1. The summed E-state index contributed by atoms with van der Waals surface area (Å²) >= 11 is 0. The van der Waals surface area contributed by atoms with Crippen LogP contribution in [0, 0.1) is 0 Å². The summed E-state index contributed by atoms with van der Waals surface area (Å²) in [5, 5.41) is 9.08. The van der Waals surface area contributed by atoms with E-state index in [1.54, 1.807) is 20.8 Å². The Morgan fingerprint density at radius 1 is 1.46 bits per heavy atom. The zero-order chi connectivity index (χ0) is 10.6. The maximum Gasteiger partial charge on any atom is 0.336 e. The molecule has 0 aromatic carbocycles. The lowest BCUT2D eigenvalue weighted by molar-refractivity contribution is -0.166. The Balaban J connectivity index is 4.05. The minimum absolute atomic E-state index is 0.408. The Morgan fingerprint density at radius 3 is 2.23 bits per heavy atom. The van der Waals surface area contributed by atoms with E-state index < -0.39 is 30.0 Å². The summed E-state index contributed by atoms with van der Waals surface area (Å²) in [5.74, 6) is -1.57. The Labute approximate surface area is 76.9 Å². The third kappa shape index (κ3) is 6.10. The Kier molecular flexibility index (Phi) is 3.87. The maximum absolute atomic E-state index is 11.0. The molecule has 0 saturated heterocycles. The lowest BCUT2D eigenvalue weighted by Crippen LogP contribution is -2.34. The van der Waals surface area contributed by atoms with E-state index >= 15 is 0 Å².